The number of carbonyl (C=O) groups excluding carboxylic acids is 2. The van der Waals surface area contributed by atoms with E-state index in [9.17, 15) is 9.59 Å². The van der Waals surface area contributed by atoms with Gasteiger partial charge in [-0.1, -0.05) is 11.6 Å². The van der Waals surface area contributed by atoms with E-state index in [1.807, 2.05) is 32.2 Å². The van der Waals surface area contributed by atoms with E-state index in [0.717, 1.165) is 17.7 Å². The molecule has 1 aliphatic heterocycles. The number of rotatable bonds is 5. The first-order valence-electron chi connectivity index (χ1n) is 7.96. The lowest BCUT2D eigenvalue weighted by Gasteiger charge is -2.29. The molecular weight excluding hydrogens is 332 g/mol. The average Bonchev–Trinajstić information content (AvgIpc) is 3.05. The lowest BCUT2D eigenvalue weighted by molar-refractivity contribution is -0.134. The van der Waals surface area contributed by atoms with Crippen LogP contribution in [0.25, 0.3) is 0 Å². The molecule has 1 heterocycles. The van der Waals surface area contributed by atoms with Crippen molar-refractivity contribution in [1.29, 1.82) is 0 Å². The van der Waals surface area contributed by atoms with E-state index in [4.69, 9.17) is 11.6 Å². The number of likely N-dealkylation sites (tertiary alicyclic amines) is 1. The molecule has 23 heavy (non-hydrogen) atoms. The molecule has 0 radical (unpaired) electrons. The molecular formula is C17H23ClN2O2S. The van der Waals surface area contributed by atoms with Crippen molar-refractivity contribution in [3.8, 4) is 0 Å². The minimum atomic E-state index is -0.364. The molecule has 0 aliphatic carbocycles. The fraction of sp³-hybridized carbons (Fsp3) is 0.529. The second kappa shape index (κ2) is 8.06. The SMILES string of the molecule is CCN(CC)C(=O)C1CCCN1C(=O)c1cc(SC)ccc1Cl. The predicted molar refractivity (Wildman–Crippen MR) is 95.2 cm³/mol. The van der Waals surface area contributed by atoms with Crippen LogP contribution in [-0.4, -0.2) is 53.5 Å². The van der Waals surface area contributed by atoms with Crippen molar-refractivity contribution in [2.45, 2.75) is 37.6 Å². The summed E-state index contributed by atoms with van der Waals surface area (Å²) in [6, 6.07) is 5.09. The molecule has 6 heteroatoms. The highest BCUT2D eigenvalue weighted by atomic mass is 35.5. The Balaban J connectivity index is 2.26. The number of halogens is 1. The third-order valence-corrected chi connectivity index (χ3v) is 5.33. The zero-order valence-electron chi connectivity index (χ0n) is 13.8. The molecule has 0 saturated carbocycles. The van der Waals surface area contributed by atoms with Gasteiger partial charge in [-0.3, -0.25) is 9.59 Å². The van der Waals surface area contributed by atoms with Gasteiger partial charge in [0.05, 0.1) is 10.6 Å². The van der Waals surface area contributed by atoms with Crippen LogP contribution in [0, 0.1) is 0 Å². The Kier molecular flexibility index (Phi) is 6.36. The molecule has 1 fully saturated rings. The molecule has 1 unspecified atom stereocenters. The van der Waals surface area contributed by atoms with Gasteiger partial charge in [-0.15, -0.1) is 11.8 Å². The molecule has 2 rings (SSSR count). The van der Waals surface area contributed by atoms with Gasteiger partial charge in [-0.2, -0.15) is 0 Å². The van der Waals surface area contributed by atoms with Crippen LogP contribution in [0.5, 0.6) is 0 Å². The van der Waals surface area contributed by atoms with Crippen molar-refractivity contribution in [2.75, 3.05) is 25.9 Å². The number of carbonyl (C=O) groups is 2. The fourth-order valence-corrected chi connectivity index (χ4v) is 3.60. The standard InChI is InChI=1S/C17H23ClN2O2S/c1-4-19(5-2)17(22)15-7-6-10-20(15)16(21)13-11-12(23-3)8-9-14(13)18/h8-9,11,15H,4-7,10H2,1-3H3. The summed E-state index contributed by atoms with van der Waals surface area (Å²) in [6.07, 6.45) is 3.53. The van der Waals surface area contributed by atoms with Gasteiger partial charge >= 0.3 is 0 Å². The first-order valence-corrected chi connectivity index (χ1v) is 9.57. The Labute approximate surface area is 147 Å². The number of thioether (sulfide) groups is 1. The summed E-state index contributed by atoms with van der Waals surface area (Å²) in [5, 5.41) is 0.439. The maximum atomic E-state index is 12.9. The molecule has 1 saturated heterocycles. The van der Waals surface area contributed by atoms with E-state index >= 15 is 0 Å². The summed E-state index contributed by atoms with van der Waals surface area (Å²) >= 11 is 7.79. The van der Waals surface area contributed by atoms with Crippen molar-refractivity contribution < 1.29 is 9.59 Å². The van der Waals surface area contributed by atoms with Crippen molar-refractivity contribution in [3.05, 3.63) is 28.8 Å². The van der Waals surface area contributed by atoms with E-state index in [-0.39, 0.29) is 17.9 Å². The number of benzene rings is 1. The topological polar surface area (TPSA) is 40.6 Å². The Morgan fingerprint density at radius 1 is 1.35 bits per heavy atom. The van der Waals surface area contributed by atoms with E-state index in [1.165, 1.54) is 0 Å². The number of nitrogens with zero attached hydrogens (tertiary/aromatic N) is 2. The minimum Gasteiger partial charge on any atom is -0.341 e. The van der Waals surface area contributed by atoms with E-state index in [0.29, 0.717) is 30.2 Å². The number of hydrogen-bond donors (Lipinski definition) is 0. The summed E-state index contributed by atoms with van der Waals surface area (Å²) < 4.78 is 0. The molecule has 1 aromatic rings. The van der Waals surface area contributed by atoms with Crippen LogP contribution >= 0.6 is 23.4 Å². The molecule has 0 bridgehead atoms. The lowest BCUT2D eigenvalue weighted by Crippen LogP contribution is -2.47. The normalized spacial score (nSPS) is 17.4. The third kappa shape index (κ3) is 3.83. The highest BCUT2D eigenvalue weighted by Crippen LogP contribution is 2.28. The largest absolute Gasteiger partial charge is 0.341 e. The predicted octanol–water partition coefficient (Wildman–Crippen LogP) is 3.53. The molecule has 1 atom stereocenters. The van der Waals surface area contributed by atoms with Crippen LogP contribution in [0.1, 0.15) is 37.0 Å². The van der Waals surface area contributed by atoms with Gasteiger partial charge in [0, 0.05) is 24.5 Å². The fourth-order valence-electron chi connectivity index (χ4n) is 2.96. The number of likely N-dealkylation sites (N-methyl/N-ethyl adjacent to an activating group) is 1. The Bertz CT molecular complexity index is 590. The first kappa shape index (κ1) is 18.1. The summed E-state index contributed by atoms with van der Waals surface area (Å²) in [5.41, 5.74) is 0.484. The van der Waals surface area contributed by atoms with Gasteiger partial charge in [-0.25, -0.2) is 0 Å². The van der Waals surface area contributed by atoms with Crippen LogP contribution in [0.15, 0.2) is 23.1 Å². The Hall–Kier alpha value is -1.20. The van der Waals surface area contributed by atoms with Gasteiger partial charge in [-0.05, 0) is 51.1 Å². The van der Waals surface area contributed by atoms with Crippen LogP contribution in [0.4, 0.5) is 0 Å². The van der Waals surface area contributed by atoms with Gasteiger partial charge in [0.25, 0.3) is 5.91 Å². The van der Waals surface area contributed by atoms with Crippen LogP contribution in [-0.2, 0) is 4.79 Å². The van der Waals surface area contributed by atoms with Crippen molar-refractivity contribution >= 4 is 35.2 Å². The lowest BCUT2D eigenvalue weighted by atomic mass is 10.1. The van der Waals surface area contributed by atoms with Gasteiger partial charge in [0.1, 0.15) is 6.04 Å². The average molecular weight is 355 g/mol. The van der Waals surface area contributed by atoms with Crippen LogP contribution in [0.3, 0.4) is 0 Å². The van der Waals surface area contributed by atoms with Crippen molar-refractivity contribution in [1.82, 2.24) is 9.80 Å². The van der Waals surface area contributed by atoms with Gasteiger partial charge < -0.3 is 9.80 Å². The molecule has 2 amide bonds. The second-order valence-electron chi connectivity index (χ2n) is 5.51. The number of hydrogen-bond acceptors (Lipinski definition) is 3. The highest BCUT2D eigenvalue weighted by Gasteiger charge is 2.36. The highest BCUT2D eigenvalue weighted by molar-refractivity contribution is 7.98. The molecule has 126 valence electrons. The Morgan fingerprint density at radius 3 is 2.65 bits per heavy atom. The molecule has 0 aromatic heterocycles. The summed E-state index contributed by atoms with van der Waals surface area (Å²) in [7, 11) is 0. The quantitative estimate of drug-likeness (QED) is 0.759. The second-order valence-corrected chi connectivity index (χ2v) is 6.80. The van der Waals surface area contributed by atoms with Crippen LogP contribution in [0.2, 0.25) is 5.02 Å². The summed E-state index contributed by atoms with van der Waals surface area (Å²) in [5.74, 6) is -0.105. The molecule has 1 aliphatic rings. The minimum absolute atomic E-state index is 0.0398. The maximum absolute atomic E-state index is 12.9. The van der Waals surface area contributed by atoms with Crippen molar-refractivity contribution in [3.63, 3.8) is 0 Å². The van der Waals surface area contributed by atoms with E-state index in [2.05, 4.69) is 0 Å². The number of amides is 2. The van der Waals surface area contributed by atoms with Gasteiger partial charge in [0.15, 0.2) is 0 Å². The molecule has 1 aromatic carbocycles. The summed E-state index contributed by atoms with van der Waals surface area (Å²) in [4.78, 5) is 30.0. The van der Waals surface area contributed by atoms with Gasteiger partial charge in [0.2, 0.25) is 5.91 Å². The molecule has 0 N–H and O–H groups in total. The zero-order valence-corrected chi connectivity index (χ0v) is 15.4. The monoisotopic (exact) mass is 354 g/mol. The first-order chi connectivity index (χ1) is 11.0. The Morgan fingerprint density at radius 2 is 2.04 bits per heavy atom. The zero-order chi connectivity index (χ0) is 17.0. The smallest absolute Gasteiger partial charge is 0.256 e. The van der Waals surface area contributed by atoms with Crippen molar-refractivity contribution in [2.24, 2.45) is 0 Å². The maximum Gasteiger partial charge on any atom is 0.256 e. The van der Waals surface area contributed by atoms with Crippen LogP contribution < -0.4 is 0 Å². The molecule has 0 spiro atoms. The summed E-state index contributed by atoms with van der Waals surface area (Å²) in [6.45, 7) is 5.85. The van der Waals surface area contributed by atoms with E-state index < -0.39 is 0 Å². The molecule has 4 nitrogen and oxygen atoms in total. The third-order valence-electron chi connectivity index (χ3n) is 4.28. The van der Waals surface area contributed by atoms with E-state index in [1.54, 1.807) is 27.6 Å².